The van der Waals surface area contributed by atoms with Crippen LogP contribution < -0.4 is 0 Å². The maximum atomic E-state index is 2.37. The number of unbranched alkanes of at least 4 members (excludes halogenated alkanes) is 15. The fraction of sp³-hybridized carbons (Fsp3) is 0.778. The minimum atomic E-state index is 0. The molecule has 0 spiro atoms. The van der Waals surface area contributed by atoms with Crippen LogP contribution in [0.5, 0.6) is 0 Å². The van der Waals surface area contributed by atoms with Crippen molar-refractivity contribution < 1.29 is 9.96 Å². The molecule has 0 radical (unpaired) electrons. The van der Waals surface area contributed by atoms with Gasteiger partial charge < -0.3 is 9.96 Å². The van der Waals surface area contributed by atoms with E-state index >= 15 is 0 Å². The second kappa shape index (κ2) is 21.7. The molecular weight excluding hydrogens is 390 g/mol. The van der Waals surface area contributed by atoms with Crippen molar-refractivity contribution in [2.24, 2.45) is 0 Å². The lowest BCUT2D eigenvalue weighted by Crippen LogP contribution is -2.39. The molecule has 3 heteroatoms. The maximum absolute atomic E-state index is 2.37. The second-order valence-electron chi connectivity index (χ2n) is 9.61. The molecule has 0 atom stereocenters. The van der Waals surface area contributed by atoms with Gasteiger partial charge in [-0.1, -0.05) is 127 Å². The van der Waals surface area contributed by atoms with Gasteiger partial charge in [-0.15, -0.1) is 12.4 Å². The Morgan fingerprint density at radius 1 is 0.567 bits per heavy atom. The summed E-state index contributed by atoms with van der Waals surface area (Å²) >= 11 is 0. The summed E-state index contributed by atoms with van der Waals surface area (Å²) in [6.07, 6.45) is 23.2. The molecule has 0 saturated heterocycles. The Morgan fingerprint density at radius 2 is 0.933 bits per heavy atom. The Bertz CT molecular complexity index is 449. The van der Waals surface area contributed by atoms with E-state index in [2.05, 4.69) is 51.4 Å². The Balaban J connectivity index is 0. The van der Waals surface area contributed by atoms with Gasteiger partial charge in [0.25, 0.3) is 0 Å². The first-order chi connectivity index (χ1) is 13.6. The highest BCUT2D eigenvalue weighted by atomic mass is 35.5. The van der Waals surface area contributed by atoms with Crippen LogP contribution in [0.3, 0.4) is 0 Å². The van der Waals surface area contributed by atoms with Gasteiger partial charge in [-0.2, -0.15) is 0 Å². The fourth-order valence-electron chi connectivity index (χ4n) is 4.24. The van der Waals surface area contributed by atoms with E-state index in [1.165, 1.54) is 115 Å². The van der Waals surface area contributed by atoms with Crippen molar-refractivity contribution >= 4 is 12.4 Å². The number of nitrogens with zero attached hydrogens (tertiary/aromatic N) is 1. The number of rotatable bonds is 19. The number of hydrogen-bond acceptors (Lipinski definition) is 0. The lowest BCUT2D eigenvalue weighted by Gasteiger charge is -2.30. The summed E-state index contributed by atoms with van der Waals surface area (Å²) in [7, 11) is 4.75. The van der Waals surface area contributed by atoms with E-state index in [-0.39, 0.29) is 17.9 Å². The lowest BCUT2D eigenvalue weighted by atomic mass is 10.0. The van der Waals surface area contributed by atoms with Gasteiger partial charge in [-0.25, -0.2) is 0 Å². The Kier molecular flexibility index (Phi) is 22.8. The highest BCUT2D eigenvalue weighted by Gasteiger charge is 2.14. The van der Waals surface area contributed by atoms with Crippen molar-refractivity contribution in [3.05, 3.63) is 35.9 Å². The monoisotopic (exact) mass is 442 g/mol. The van der Waals surface area contributed by atoms with E-state index in [0.29, 0.717) is 0 Å². The van der Waals surface area contributed by atoms with E-state index < -0.39 is 0 Å². The highest BCUT2D eigenvalue weighted by Crippen LogP contribution is 2.15. The van der Waals surface area contributed by atoms with Crippen molar-refractivity contribution in [3.63, 3.8) is 0 Å². The van der Waals surface area contributed by atoms with Crippen LogP contribution >= 0.6 is 12.4 Å². The zero-order chi connectivity index (χ0) is 20.3. The third-order valence-corrected chi connectivity index (χ3v) is 6.07. The zero-order valence-electron chi connectivity index (χ0n) is 20.5. The SMILES string of the molecule is CCCCCCCCCCCCCCCCCC[N+](C)(C)Cc1ccccc1.Cl.O. The molecular formula is C27H53ClNO+. The predicted octanol–water partition coefficient (Wildman–Crippen LogP) is 8.12. The molecule has 2 nitrogen and oxygen atoms in total. The molecule has 1 rings (SSSR count). The Hall–Kier alpha value is -0.570. The summed E-state index contributed by atoms with van der Waals surface area (Å²) in [6.45, 7) is 4.75. The summed E-state index contributed by atoms with van der Waals surface area (Å²) in [6, 6.07) is 10.9. The van der Waals surface area contributed by atoms with Crippen molar-refractivity contribution in [3.8, 4) is 0 Å². The normalized spacial score (nSPS) is 11.0. The topological polar surface area (TPSA) is 31.5 Å². The molecule has 0 aliphatic carbocycles. The van der Waals surface area contributed by atoms with Gasteiger partial charge in [0.05, 0.1) is 20.6 Å². The Labute approximate surface area is 195 Å². The van der Waals surface area contributed by atoms with E-state index in [4.69, 9.17) is 0 Å². The average Bonchev–Trinajstić information content (AvgIpc) is 2.68. The minimum absolute atomic E-state index is 0. The number of hydrogen-bond donors (Lipinski definition) is 0. The largest absolute Gasteiger partial charge is 0.412 e. The van der Waals surface area contributed by atoms with Crippen LogP contribution in [0.15, 0.2) is 30.3 Å². The summed E-state index contributed by atoms with van der Waals surface area (Å²) in [4.78, 5) is 0. The number of benzene rings is 1. The first kappa shape index (κ1) is 31.6. The molecule has 0 aliphatic heterocycles. The Morgan fingerprint density at radius 3 is 1.33 bits per heavy atom. The van der Waals surface area contributed by atoms with Crippen LogP contribution in [0.1, 0.15) is 115 Å². The highest BCUT2D eigenvalue weighted by molar-refractivity contribution is 5.85. The van der Waals surface area contributed by atoms with Gasteiger partial charge in [0.15, 0.2) is 0 Å². The van der Waals surface area contributed by atoms with Gasteiger partial charge in [-0.3, -0.25) is 0 Å². The smallest absolute Gasteiger partial charge is 0.104 e. The molecule has 0 saturated carbocycles. The summed E-state index contributed by atoms with van der Waals surface area (Å²) in [5.74, 6) is 0. The molecule has 2 N–H and O–H groups in total. The minimum Gasteiger partial charge on any atom is -0.412 e. The maximum Gasteiger partial charge on any atom is 0.104 e. The number of halogens is 1. The first-order valence-corrected chi connectivity index (χ1v) is 12.5. The van der Waals surface area contributed by atoms with E-state index in [1.54, 1.807) is 0 Å². The molecule has 1 aromatic rings. The summed E-state index contributed by atoms with van der Waals surface area (Å²) in [5, 5.41) is 0. The fourth-order valence-corrected chi connectivity index (χ4v) is 4.24. The van der Waals surface area contributed by atoms with Gasteiger partial charge in [0, 0.05) is 5.56 Å². The van der Waals surface area contributed by atoms with E-state index in [1.807, 2.05) is 0 Å². The summed E-state index contributed by atoms with van der Waals surface area (Å²) in [5.41, 5.74) is 1.46. The molecule has 0 heterocycles. The molecule has 0 unspecified atom stereocenters. The third-order valence-electron chi connectivity index (χ3n) is 6.07. The van der Waals surface area contributed by atoms with Crippen molar-refractivity contribution in [1.29, 1.82) is 0 Å². The second-order valence-corrected chi connectivity index (χ2v) is 9.61. The summed E-state index contributed by atoms with van der Waals surface area (Å²) < 4.78 is 1.11. The van der Waals surface area contributed by atoms with Gasteiger partial charge >= 0.3 is 0 Å². The van der Waals surface area contributed by atoms with Gasteiger partial charge in [0.2, 0.25) is 0 Å². The molecule has 0 bridgehead atoms. The standard InChI is InChI=1S/C27H50N.ClH.H2O/c1-4-5-6-7-8-9-10-11-12-13-14-15-16-17-18-22-25-28(2,3)26-27-23-20-19-21-24-27;;/h19-21,23-24H,4-18,22,25-26H2,1-3H3;1H;1H2/q+1;;. The molecule has 0 aliphatic rings. The molecule has 0 aromatic heterocycles. The molecule has 0 fully saturated rings. The first-order valence-electron chi connectivity index (χ1n) is 12.5. The van der Waals surface area contributed by atoms with Crippen LogP contribution in [0.4, 0.5) is 0 Å². The van der Waals surface area contributed by atoms with Crippen LogP contribution in [0.25, 0.3) is 0 Å². The van der Waals surface area contributed by atoms with Crippen LogP contribution in [0, 0.1) is 0 Å². The van der Waals surface area contributed by atoms with Crippen LogP contribution in [-0.4, -0.2) is 30.6 Å². The quantitative estimate of drug-likeness (QED) is 0.153. The van der Waals surface area contributed by atoms with Gasteiger partial charge in [0.1, 0.15) is 6.54 Å². The van der Waals surface area contributed by atoms with E-state index in [9.17, 15) is 0 Å². The van der Waals surface area contributed by atoms with Crippen molar-refractivity contribution in [1.82, 2.24) is 0 Å². The number of quaternary nitrogens is 1. The molecule has 178 valence electrons. The molecule has 1 aromatic carbocycles. The predicted molar refractivity (Wildman–Crippen MR) is 138 cm³/mol. The van der Waals surface area contributed by atoms with E-state index in [0.717, 1.165) is 11.0 Å². The van der Waals surface area contributed by atoms with Crippen LogP contribution in [0.2, 0.25) is 0 Å². The van der Waals surface area contributed by atoms with Crippen molar-refractivity contribution in [2.45, 2.75) is 116 Å². The van der Waals surface area contributed by atoms with Crippen LogP contribution in [-0.2, 0) is 6.54 Å². The average molecular weight is 443 g/mol. The zero-order valence-corrected chi connectivity index (χ0v) is 21.3. The molecule has 0 amide bonds. The van der Waals surface area contributed by atoms with Gasteiger partial charge in [-0.05, 0) is 12.8 Å². The van der Waals surface area contributed by atoms with Crippen molar-refractivity contribution in [2.75, 3.05) is 20.6 Å². The molecule has 30 heavy (non-hydrogen) atoms. The third kappa shape index (κ3) is 19.4. The lowest BCUT2D eigenvalue weighted by molar-refractivity contribution is -0.903.